The molecule has 3 aromatic rings. The molecule has 0 amide bonds. The van der Waals surface area contributed by atoms with Crippen LogP contribution in [0.25, 0.3) is 0 Å². The third kappa shape index (κ3) is 10.2. The van der Waals surface area contributed by atoms with Gasteiger partial charge < -0.3 is 23.7 Å². The Balaban J connectivity index is 1.60. The van der Waals surface area contributed by atoms with E-state index in [0.29, 0.717) is 17.9 Å². The molecule has 0 heterocycles. The fourth-order valence-corrected chi connectivity index (χ4v) is 3.57. The minimum atomic E-state index is -0.722. The number of unbranched alkanes of at least 4 members (excludes halogenated alkanes) is 3. The monoisotopic (exact) mass is 534 g/mol. The standard InChI is InChI=1S/C31H34O8/c1-2-3-4-11-18-37-31(34)28-23-24(29(32)38-21-19-35-25-12-7-5-8-13-25)16-17-27(28)30(33)39-22-20-36-26-14-9-6-10-15-26/h5-10,12-17,23H,2-4,11,18-22H2,1H3. The first kappa shape index (κ1) is 29.2. The Bertz CT molecular complexity index is 1180. The molecular formula is C31H34O8. The van der Waals surface area contributed by atoms with Crippen molar-refractivity contribution in [1.82, 2.24) is 0 Å². The molecule has 3 aromatic carbocycles. The zero-order valence-electron chi connectivity index (χ0n) is 22.1. The van der Waals surface area contributed by atoms with E-state index in [1.54, 1.807) is 24.3 Å². The van der Waals surface area contributed by atoms with E-state index in [-0.39, 0.29) is 49.7 Å². The molecule has 0 atom stereocenters. The van der Waals surface area contributed by atoms with Crippen LogP contribution >= 0.6 is 0 Å². The summed E-state index contributed by atoms with van der Waals surface area (Å²) in [4.78, 5) is 38.3. The van der Waals surface area contributed by atoms with Crippen LogP contribution < -0.4 is 9.47 Å². The van der Waals surface area contributed by atoms with Gasteiger partial charge in [0, 0.05) is 0 Å². The molecule has 0 aliphatic carbocycles. The molecule has 0 saturated carbocycles. The molecule has 0 aliphatic rings. The molecule has 3 rings (SSSR count). The number of carbonyl (C=O) groups is 3. The first-order valence-electron chi connectivity index (χ1n) is 13.1. The van der Waals surface area contributed by atoms with Gasteiger partial charge in [-0.15, -0.1) is 0 Å². The third-order valence-electron chi connectivity index (χ3n) is 5.58. The van der Waals surface area contributed by atoms with Crippen LogP contribution in [-0.4, -0.2) is 50.9 Å². The zero-order chi connectivity index (χ0) is 27.7. The molecule has 39 heavy (non-hydrogen) atoms. The summed E-state index contributed by atoms with van der Waals surface area (Å²) < 4.78 is 27.1. The van der Waals surface area contributed by atoms with Crippen molar-refractivity contribution < 1.29 is 38.1 Å². The molecule has 0 unspecified atom stereocenters. The van der Waals surface area contributed by atoms with Gasteiger partial charge in [0.1, 0.15) is 37.9 Å². The van der Waals surface area contributed by atoms with Crippen LogP contribution in [0.4, 0.5) is 0 Å². The van der Waals surface area contributed by atoms with Crippen molar-refractivity contribution >= 4 is 17.9 Å². The molecular weight excluding hydrogens is 500 g/mol. The topological polar surface area (TPSA) is 97.4 Å². The molecule has 0 bridgehead atoms. The van der Waals surface area contributed by atoms with Crippen LogP contribution in [0.1, 0.15) is 63.7 Å². The summed E-state index contributed by atoms with van der Waals surface area (Å²) in [6, 6.07) is 22.4. The second-order valence-corrected chi connectivity index (χ2v) is 8.55. The molecule has 0 N–H and O–H groups in total. The van der Waals surface area contributed by atoms with E-state index < -0.39 is 17.9 Å². The van der Waals surface area contributed by atoms with Crippen molar-refractivity contribution in [2.24, 2.45) is 0 Å². The van der Waals surface area contributed by atoms with Gasteiger partial charge in [0.05, 0.1) is 23.3 Å². The van der Waals surface area contributed by atoms with Gasteiger partial charge in [-0.05, 0) is 48.9 Å². The highest BCUT2D eigenvalue weighted by molar-refractivity contribution is 6.05. The molecule has 0 aliphatic heterocycles. The van der Waals surface area contributed by atoms with Crippen LogP contribution in [0.2, 0.25) is 0 Å². The second kappa shape index (κ2) is 16.5. The minimum Gasteiger partial charge on any atom is -0.490 e. The van der Waals surface area contributed by atoms with E-state index >= 15 is 0 Å². The van der Waals surface area contributed by atoms with Crippen molar-refractivity contribution in [3.05, 3.63) is 95.6 Å². The molecule has 0 radical (unpaired) electrons. The van der Waals surface area contributed by atoms with E-state index in [1.165, 1.54) is 18.2 Å². The van der Waals surface area contributed by atoms with Crippen LogP contribution in [0.3, 0.4) is 0 Å². The first-order chi connectivity index (χ1) is 19.1. The van der Waals surface area contributed by atoms with Crippen molar-refractivity contribution in [2.45, 2.75) is 32.6 Å². The predicted molar refractivity (Wildman–Crippen MR) is 145 cm³/mol. The lowest BCUT2D eigenvalue weighted by molar-refractivity contribution is 0.0417. The number of rotatable bonds is 16. The van der Waals surface area contributed by atoms with Gasteiger partial charge in [-0.25, -0.2) is 14.4 Å². The van der Waals surface area contributed by atoms with Crippen LogP contribution in [0, 0.1) is 0 Å². The highest BCUT2D eigenvalue weighted by Crippen LogP contribution is 2.17. The number of para-hydroxylation sites is 2. The summed E-state index contributed by atoms with van der Waals surface area (Å²) in [5.41, 5.74) is 0.0447. The average molecular weight is 535 g/mol. The summed E-state index contributed by atoms with van der Waals surface area (Å²) in [6.07, 6.45) is 3.73. The Morgan fingerprint density at radius 3 is 1.67 bits per heavy atom. The Kier molecular flexibility index (Phi) is 12.4. The van der Waals surface area contributed by atoms with Gasteiger partial charge in [-0.2, -0.15) is 0 Å². The number of esters is 3. The summed E-state index contributed by atoms with van der Waals surface area (Å²) in [5, 5.41) is 0. The second-order valence-electron chi connectivity index (χ2n) is 8.55. The maximum Gasteiger partial charge on any atom is 0.339 e. The van der Waals surface area contributed by atoms with E-state index in [2.05, 4.69) is 6.92 Å². The number of hydrogen-bond acceptors (Lipinski definition) is 8. The molecule has 0 fully saturated rings. The van der Waals surface area contributed by atoms with Gasteiger partial charge in [0.2, 0.25) is 0 Å². The number of ether oxygens (including phenoxy) is 5. The molecule has 0 aromatic heterocycles. The van der Waals surface area contributed by atoms with Crippen molar-refractivity contribution in [1.29, 1.82) is 0 Å². The number of hydrogen-bond donors (Lipinski definition) is 0. The molecule has 206 valence electrons. The molecule has 0 spiro atoms. The van der Waals surface area contributed by atoms with E-state index in [1.807, 2.05) is 36.4 Å². The minimum absolute atomic E-state index is 0.00256. The predicted octanol–water partition coefficient (Wildman–Crippen LogP) is 5.90. The third-order valence-corrected chi connectivity index (χ3v) is 5.58. The SMILES string of the molecule is CCCCCCOC(=O)c1cc(C(=O)OCCOc2ccccc2)ccc1C(=O)OCCOc1ccccc1. The number of carbonyl (C=O) groups excluding carboxylic acids is 3. The summed E-state index contributed by atoms with van der Waals surface area (Å²) in [6.45, 7) is 2.60. The Morgan fingerprint density at radius 1 is 0.538 bits per heavy atom. The van der Waals surface area contributed by atoms with Crippen LogP contribution in [-0.2, 0) is 14.2 Å². The maximum atomic E-state index is 12.9. The normalized spacial score (nSPS) is 10.4. The Hall–Kier alpha value is -4.33. The van der Waals surface area contributed by atoms with Gasteiger partial charge in [-0.1, -0.05) is 62.6 Å². The van der Waals surface area contributed by atoms with Crippen molar-refractivity contribution in [2.75, 3.05) is 33.0 Å². The number of benzene rings is 3. The highest BCUT2D eigenvalue weighted by Gasteiger charge is 2.22. The quantitative estimate of drug-likeness (QED) is 0.127. The van der Waals surface area contributed by atoms with E-state index in [9.17, 15) is 14.4 Å². The van der Waals surface area contributed by atoms with E-state index in [4.69, 9.17) is 23.7 Å². The Labute approximate surface area is 228 Å². The fraction of sp³-hybridized carbons (Fsp3) is 0.323. The van der Waals surface area contributed by atoms with Crippen molar-refractivity contribution in [3.8, 4) is 11.5 Å². The summed E-state index contributed by atoms with van der Waals surface area (Å²) in [7, 11) is 0. The van der Waals surface area contributed by atoms with Gasteiger partial charge >= 0.3 is 17.9 Å². The van der Waals surface area contributed by atoms with Gasteiger partial charge in [-0.3, -0.25) is 0 Å². The average Bonchev–Trinajstić information content (AvgIpc) is 2.98. The van der Waals surface area contributed by atoms with Crippen LogP contribution in [0.15, 0.2) is 78.9 Å². The zero-order valence-corrected chi connectivity index (χ0v) is 22.1. The first-order valence-corrected chi connectivity index (χ1v) is 13.1. The smallest absolute Gasteiger partial charge is 0.339 e. The van der Waals surface area contributed by atoms with E-state index in [0.717, 1.165) is 19.3 Å². The van der Waals surface area contributed by atoms with Crippen LogP contribution in [0.5, 0.6) is 11.5 Å². The Morgan fingerprint density at radius 2 is 1.08 bits per heavy atom. The lowest BCUT2D eigenvalue weighted by Gasteiger charge is -2.12. The largest absolute Gasteiger partial charge is 0.490 e. The summed E-state index contributed by atoms with van der Waals surface area (Å²) in [5.74, 6) is -0.769. The van der Waals surface area contributed by atoms with Gasteiger partial charge in [0.25, 0.3) is 0 Å². The highest BCUT2D eigenvalue weighted by atomic mass is 16.6. The maximum absolute atomic E-state index is 12.9. The van der Waals surface area contributed by atoms with Gasteiger partial charge in [0.15, 0.2) is 0 Å². The summed E-state index contributed by atoms with van der Waals surface area (Å²) >= 11 is 0. The molecule has 8 heteroatoms. The van der Waals surface area contributed by atoms with Crippen molar-refractivity contribution in [3.63, 3.8) is 0 Å². The molecule has 8 nitrogen and oxygen atoms in total. The molecule has 0 saturated heterocycles. The fourth-order valence-electron chi connectivity index (χ4n) is 3.57. The lowest BCUT2D eigenvalue weighted by atomic mass is 10.0. The lowest BCUT2D eigenvalue weighted by Crippen LogP contribution is -2.19.